The Morgan fingerprint density at radius 1 is 0.929 bits per heavy atom. The first-order valence-electron chi connectivity index (χ1n) is 16.7. The van der Waals surface area contributed by atoms with E-state index < -0.39 is 0 Å². The van der Waals surface area contributed by atoms with Gasteiger partial charge in [0, 0.05) is 0 Å². The highest BCUT2D eigenvalue weighted by Crippen LogP contribution is 2.77. The van der Waals surface area contributed by atoms with E-state index in [9.17, 15) is 9.70 Å². The molecule has 1 aromatic carbocycles. The first kappa shape index (κ1) is 29.8. The Bertz CT molecular complexity index is 1310. The normalized spacial score (nSPS) is 43.6. The Hall–Kier alpha value is -2.23. The Kier molecular flexibility index (Phi) is 7.03. The van der Waals surface area contributed by atoms with Crippen LogP contribution < -0.4 is 0 Å². The summed E-state index contributed by atoms with van der Waals surface area (Å²) in [6.07, 6.45) is 13.8. The number of carbonyl (C=O) groups is 1. The van der Waals surface area contributed by atoms with Crippen molar-refractivity contribution in [3.05, 3.63) is 58.5 Å². The van der Waals surface area contributed by atoms with Crippen molar-refractivity contribution in [3.8, 4) is 0 Å². The number of allylic oxidation sites excluding steroid dienone is 3. The minimum Gasteiger partial charge on any atom is -0.465 e. The van der Waals surface area contributed by atoms with Crippen LogP contribution in [-0.4, -0.2) is 18.6 Å². The molecule has 0 spiro atoms. The summed E-state index contributed by atoms with van der Waals surface area (Å²) in [6, 6.07) is 8.04. The van der Waals surface area contributed by atoms with Gasteiger partial charge >= 0.3 is 5.97 Å². The molecule has 0 N–H and O–H groups in total. The van der Waals surface area contributed by atoms with Gasteiger partial charge in [0.25, 0.3) is 0 Å². The number of nitroso groups, excluding NO2 is 1. The first-order valence-corrected chi connectivity index (χ1v) is 16.7. The number of carbonyl (C=O) groups excluding carboxylic acids is 1. The van der Waals surface area contributed by atoms with Crippen molar-refractivity contribution >= 4 is 11.5 Å². The van der Waals surface area contributed by atoms with Crippen LogP contribution in [0.1, 0.15) is 122 Å². The van der Waals surface area contributed by atoms with Crippen LogP contribution in [0.3, 0.4) is 0 Å². The van der Waals surface area contributed by atoms with E-state index in [0.29, 0.717) is 35.2 Å². The average molecular weight is 572 g/mol. The lowest BCUT2D eigenvalue weighted by atomic mass is 9.33. The van der Waals surface area contributed by atoms with Gasteiger partial charge < -0.3 is 4.74 Å². The molecule has 0 radical (unpaired) electrons. The molecule has 6 rings (SSSR count). The van der Waals surface area contributed by atoms with Gasteiger partial charge in [-0.3, -0.25) is 0 Å². The van der Waals surface area contributed by atoms with Crippen molar-refractivity contribution in [2.45, 2.75) is 111 Å². The Balaban J connectivity index is 1.35. The summed E-state index contributed by atoms with van der Waals surface area (Å²) in [7, 11) is 1.44. The largest absolute Gasteiger partial charge is 0.465 e. The summed E-state index contributed by atoms with van der Waals surface area (Å²) in [5, 5.41) is 3.99. The molecular formula is C38H53NO3. The van der Waals surface area contributed by atoms with Gasteiger partial charge in [-0.15, -0.1) is 0 Å². The van der Waals surface area contributed by atoms with Crippen molar-refractivity contribution in [2.75, 3.05) is 7.11 Å². The molecule has 0 saturated heterocycles. The quantitative estimate of drug-likeness (QED) is 0.201. The number of benzene rings is 1. The molecule has 0 heterocycles. The molecule has 9 atom stereocenters. The van der Waals surface area contributed by atoms with Gasteiger partial charge in [0.05, 0.1) is 12.7 Å². The van der Waals surface area contributed by atoms with Crippen LogP contribution in [0.25, 0.3) is 5.57 Å². The summed E-state index contributed by atoms with van der Waals surface area (Å²) < 4.78 is 4.93. The standard InChI is InChI=1S/C38H53NO3/c1-9-24(2)27-16-21-38(39-41)23-22-36(6)29(32(27)38)14-15-31-35(5)19-17-28(25-10-12-26(13-11-25)33(40)42-8)34(3,4)30(35)18-20-37(31,36)7/h10-13,17,27,29-32H,2,9,14-16,18-23H2,1,3-8H3/t27-,29+,30?,31?,32?,35-,36+,37+,38-/m0/s1. The number of hydrogen-bond donors (Lipinski definition) is 0. The van der Waals surface area contributed by atoms with Gasteiger partial charge in [-0.25, -0.2) is 4.79 Å². The fourth-order valence-corrected chi connectivity index (χ4v) is 12.4. The molecule has 0 aliphatic heterocycles. The third-order valence-electron chi connectivity index (χ3n) is 14.7. The summed E-state index contributed by atoms with van der Waals surface area (Å²) in [5.74, 6) is 2.35. The first-order chi connectivity index (χ1) is 19.8. The summed E-state index contributed by atoms with van der Waals surface area (Å²) in [5.41, 5.74) is 4.99. The number of esters is 1. The predicted octanol–water partition coefficient (Wildman–Crippen LogP) is 10.0. The van der Waals surface area contributed by atoms with Crippen LogP contribution in [0.15, 0.2) is 47.7 Å². The van der Waals surface area contributed by atoms with Crippen LogP contribution in [0.5, 0.6) is 0 Å². The minimum absolute atomic E-state index is 0.0391. The number of rotatable bonds is 5. The summed E-state index contributed by atoms with van der Waals surface area (Å²) in [4.78, 5) is 24.6. The van der Waals surface area contributed by atoms with E-state index in [1.807, 2.05) is 12.1 Å². The van der Waals surface area contributed by atoms with Gasteiger partial charge in [0.1, 0.15) is 5.54 Å². The maximum Gasteiger partial charge on any atom is 0.337 e. The van der Waals surface area contributed by atoms with Crippen molar-refractivity contribution in [1.82, 2.24) is 0 Å². The highest BCUT2D eigenvalue weighted by Gasteiger charge is 2.71. The van der Waals surface area contributed by atoms with Crippen molar-refractivity contribution in [1.29, 1.82) is 0 Å². The SMILES string of the molecule is C=C(CC)[C@@H]1CC[C@]2(N=O)CC[C@]3(C)[C@H](CCC4[C@@]5(C)CC=C(c6ccc(C(=O)OC)cc6)C(C)(C)C5CC[C@]43C)C12. The molecular weight excluding hydrogens is 518 g/mol. The van der Waals surface area contributed by atoms with Crippen LogP contribution in [0.4, 0.5) is 0 Å². The zero-order chi connectivity index (χ0) is 30.3. The Morgan fingerprint density at radius 3 is 2.29 bits per heavy atom. The van der Waals surface area contributed by atoms with E-state index in [1.54, 1.807) is 0 Å². The lowest BCUT2D eigenvalue weighted by Crippen LogP contribution is -2.66. The van der Waals surface area contributed by atoms with Gasteiger partial charge in [-0.1, -0.05) is 77.1 Å². The molecule has 4 saturated carbocycles. The van der Waals surface area contributed by atoms with Gasteiger partial charge in [0.15, 0.2) is 0 Å². The van der Waals surface area contributed by atoms with E-state index in [2.05, 4.69) is 71.5 Å². The average Bonchev–Trinajstić information content (AvgIpc) is 3.37. The second-order valence-electron chi connectivity index (χ2n) is 16.2. The fraction of sp³-hybridized carbons (Fsp3) is 0.711. The third kappa shape index (κ3) is 3.81. The predicted molar refractivity (Wildman–Crippen MR) is 171 cm³/mol. The second kappa shape index (κ2) is 9.89. The molecule has 0 bridgehead atoms. The maximum atomic E-state index is 12.6. The maximum absolute atomic E-state index is 12.6. The Morgan fingerprint density at radius 2 is 1.64 bits per heavy atom. The molecule has 3 unspecified atom stereocenters. The molecule has 4 nitrogen and oxygen atoms in total. The molecule has 5 aliphatic rings. The van der Waals surface area contributed by atoms with Crippen LogP contribution >= 0.6 is 0 Å². The van der Waals surface area contributed by atoms with E-state index in [0.717, 1.165) is 38.5 Å². The minimum atomic E-state index is -0.370. The zero-order valence-corrected chi connectivity index (χ0v) is 27.2. The summed E-state index contributed by atoms with van der Waals surface area (Å²) in [6.45, 7) is 19.6. The zero-order valence-electron chi connectivity index (χ0n) is 27.2. The second-order valence-corrected chi connectivity index (χ2v) is 16.2. The van der Waals surface area contributed by atoms with Crippen molar-refractivity contribution in [2.24, 2.45) is 56.4 Å². The fourth-order valence-electron chi connectivity index (χ4n) is 12.4. The van der Waals surface area contributed by atoms with Gasteiger partial charge in [-0.05, 0) is 139 Å². The van der Waals surface area contributed by atoms with Crippen LogP contribution in [-0.2, 0) is 4.74 Å². The highest BCUT2D eigenvalue weighted by molar-refractivity contribution is 5.89. The van der Waals surface area contributed by atoms with E-state index in [4.69, 9.17) is 4.74 Å². The molecule has 5 aliphatic carbocycles. The third-order valence-corrected chi connectivity index (χ3v) is 14.7. The monoisotopic (exact) mass is 571 g/mol. The van der Waals surface area contributed by atoms with Crippen molar-refractivity contribution in [3.63, 3.8) is 0 Å². The van der Waals surface area contributed by atoms with Gasteiger partial charge in [0.2, 0.25) is 0 Å². The smallest absolute Gasteiger partial charge is 0.337 e. The van der Waals surface area contributed by atoms with E-state index >= 15 is 0 Å². The Labute approximate surface area is 254 Å². The lowest BCUT2D eigenvalue weighted by Gasteiger charge is -2.72. The van der Waals surface area contributed by atoms with E-state index in [-0.39, 0.29) is 33.2 Å². The number of methoxy groups -OCH3 is 1. The van der Waals surface area contributed by atoms with Crippen LogP contribution in [0.2, 0.25) is 0 Å². The highest BCUT2D eigenvalue weighted by atomic mass is 16.5. The molecule has 1 aromatic rings. The molecule has 4 fully saturated rings. The lowest BCUT2D eigenvalue weighted by molar-refractivity contribution is -0.217. The van der Waals surface area contributed by atoms with Gasteiger partial charge in [-0.2, -0.15) is 4.91 Å². The van der Waals surface area contributed by atoms with Crippen molar-refractivity contribution < 1.29 is 9.53 Å². The molecule has 0 amide bonds. The number of hydrogen-bond acceptors (Lipinski definition) is 4. The number of nitrogens with zero attached hydrogens (tertiary/aromatic N) is 1. The van der Waals surface area contributed by atoms with E-state index in [1.165, 1.54) is 49.5 Å². The molecule has 228 valence electrons. The van der Waals surface area contributed by atoms with Crippen LogP contribution in [0, 0.1) is 56.2 Å². The number of fused-ring (bicyclic) bond motifs is 7. The molecule has 0 aromatic heterocycles. The molecule has 42 heavy (non-hydrogen) atoms. The summed E-state index contributed by atoms with van der Waals surface area (Å²) >= 11 is 0. The topological polar surface area (TPSA) is 55.7 Å². The number of ether oxygens (including phenoxy) is 1. The molecule has 4 heteroatoms.